The number of nitrogens with one attached hydrogen (secondary N) is 1. The van der Waals surface area contributed by atoms with Crippen molar-refractivity contribution >= 4 is 5.71 Å². The molecular weight excluding hydrogens is 134 g/mol. The van der Waals surface area contributed by atoms with Gasteiger partial charge in [0.15, 0.2) is 0 Å². The summed E-state index contributed by atoms with van der Waals surface area (Å²) in [4.78, 5) is 0. The quantitative estimate of drug-likeness (QED) is 0.462. The Bertz CT molecular complexity index is 125. The van der Waals surface area contributed by atoms with E-state index in [0.29, 0.717) is 5.92 Å². The highest BCUT2D eigenvalue weighted by Crippen LogP contribution is 2.28. The first-order chi connectivity index (χ1) is 5.34. The van der Waals surface area contributed by atoms with Gasteiger partial charge in [-0.2, -0.15) is 0 Å². The molecule has 0 aromatic carbocycles. The van der Waals surface area contributed by atoms with Crippen LogP contribution in [0.2, 0.25) is 0 Å². The van der Waals surface area contributed by atoms with E-state index in [4.69, 9.17) is 5.41 Å². The average molecular weight is 153 g/mol. The Hall–Kier alpha value is -0.330. The molecule has 0 unspecified atom stereocenters. The summed E-state index contributed by atoms with van der Waals surface area (Å²) in [5.41, 5.74) is 1.03. The van der Waals surface area contributed by atoms with E-state index in [1.807, 2.05) is 0 Å². The zero-order valence-electron chi connectivity index (χ0n) is 7.53. The van der Waals surface area contributed by atoms with Crippen molar-refractivity contribution in [2.75, 3.05) is 0 Å². The second-order valence-corrected chi connectivity index (χ2v) is 3.61. The topological polar surface area (TPSA) is 23.9 Å². The lowest BCUT2D eigenvalue weighted by Crippen LogP contribution is -2.20. The van der Waals surface area contributed by atoms with Gasteiger partial charge in [0.25, 0.3) is 0 Å². The maximum absolute atomic E-state index is 7.72. The Kier molecular flexibility index (Phi) is 3.61. The number of hydrogen-bond acceptors (Lipinski definition) is 1. The van der Waals surface area contributed by atoms with E-state index in [9.17, 15) is 0 Å². The summed E-state index contributed by atoms with van der Waals surface area (Å²) in [6.07, 6.45) is 8.84. The minimum Gasteiger partial charge on any atom is -0.309 e. The Labute approximate surface area is 69.7 Å². The van der Waals surface area contributed by atoms with Crippen molar-refractivity contribution in [3.8, 4) is 0 Å². The van der Waals surface area contributed by atoms with Crippen molar-refractivity contribution in [2.24, 2.45) is 5.92 Å². The molecule has 1 N–H and O–H groups in total. The molecule has 0 aromatic rings. The molecule has 0 heterocycles. The molecule has 1 aliphatic carbocycles. The van der Waals surface area contributed by atoms with Gasteiger partial charge in [-0.1, -0.05) is 26.2 Å². The third-order valence-electron chi connectivity index (χ3n) is 2.65. The highest BCUT2D eigenvalue weighted by molar-refractivity contribution is 5.84. The van der Waals surface area contributed by atoms with Crippen molar-refractivity contribution in [2.45, 2.75) is 51.9 Å². The Morgan fingerprint density at radius 2 is 2.09 bits per heavy atom. The second-order valence-electron chi connectivity index (χ2n) is 3.61. The highest BCUT2D eigenvalue weighted by Gasteiger charge is 2.20. The normalized spacial score (nSPS) is 17.9. The zero-order chi connectivity index (χ0) is 8.10. The van der Waals surface area contributed by atoms with Gasteiger partial charge in [0.05, 0.1) is 0 Å². The molecule has 1 aliphatic rings. The largest absolute Gasteiger partial charge is 0.309 e. The Balaban J connectivity index is 2.01. The third-order valence-corrected chi connectivity index (χ3v) is 2.65. The SMILES string of the molecule is CCCCCC(=N)C1CCC1. The molecule has 0 atom stereocenters. The summed E-state index contributed by atoms with van der Waals surface area (Å²) in [5, 5.41) is 7.72. The molecule has 11 heavy (non-hydrogen) atoms. The first-order valence-corrected chi connectivity index (χ1v) is 4.92. The summed E-state index contributed by atoms with van der Waals surface area (Å²) in [7, 11) is 0. The molecule has 1 rings (SSSR count). The van der Waals surface area contributed by atoms with Gasteiger partial charge in [0.2, 0.25) is 0 Å². The van der Waals surface area contributed by atoms with E-state index in [0.717, 1.165) is 12.1 Å². The third kappa shape index (κ3) is 2.64. The van der Waals surface area contributed by atoms with Gasteiger partial charge in [-0.15, -0.1) is 0 Å². The van der Waals surface area contributed by atoms with Crippen LogP contribution in [-0.4, -0.2) is 5.71 Å². The van der Waals surface area contributed by atoms with Crippen LogP contribution in [0.4, 0.5) is 0 Å². The van der Waals surface area contributed by atoms with E-state index in [1.54, 1.807) is 0 Å². The minimum absolute atomic E-state index is 0.687. The van der Waals surface area contributed by atoms with Crippen LogP contribution in [0.25, 0.3) is 0 Å². The highest BCUT2D eigenvalue weighted by atomic mass is 14.5. The van der Waals surface area contributed by atoms with Crippen LogP contribution in [-0.2, 0) is 0 Å². The van der Waals surface area contributed by atoms with E-state index in [-0.39, 0.29) is 0 Å². The van der Waals surface area contributed by atoms with Crippen LogP contribution >= 0.6 is 0 Å². The maximum Gasteiger partial charge on any atom is 0.0120 e. The molecule has 1 fully saturated rings. The number of rotatable bonds is 5. The Morgan fingerprint density at radius 3 is 2.55 bits per heavy atom. The summed E-state index contributed by atoms with van der Waals surface area (Å²) >= 11 is 0. The number of unbranched alkanes of at least 4 members (excludes halogenated alkanes) is 2. The Morgan fingerprint density at radius 1 is 1.36 bits per heavy atom. The first-order valence-electron chi connectivity index (χ1n) is 4.92. The van der Waals surface area contributed by atoms with E-state index >= 15 is 0 Å². The van der Waals surface area contributed by atoms with Gasteiger partial charge in [0, 0.05) is 5.71 Å². The fourth-order valence-electron chi connectivity index (χ4n) is 1.53. The molecular formula is C10H19N. The van der Waals surface area contributed by atoms with Crippen molar-refractivity contribution in [3.05, 3.63) is 0 Å². The van der Waals surface area contributed by atoms with Crippen LogP contribution in [0.15, 0.2) is 0 Å². The second kappa shape index (κ2) is 4.53. The molecule has 0 bridgehead atoms. The molecule has 0 amide bonds. The molecule has 0 radical (unpaired) electrons. The maximum atomic E-state index is 7.72. The monoisotopic (exact) mass is 153 g/mol. The average Bonchev–Trinajstić information content (AvgIpc) is 1.84. The zero-order valence-corrected chi connectivity index (χ0v) is 7.53. The van der Waals surface area contributed by atoms with Gasteiger partial charge in [-0.3, -0.25) is 0 Å². The molecule has 0 aromatic heterocycles. The van der Waals surface area contributed by atoms with E-state index in [1.165, 1.54) is 38.5 Å². The predicted molar refractivity (Wildman–Crippen MR) is 49.2 cm³/mol. The summed E-state index contributed by atoms with van der Waals surface area (Å²) in [6, 6.07) is 0. The summed E-state index contributed by atoms with van der Waals surface area (Å²) in [6.45, 7) is 2.22. The molecule has 1 nitrogen and oxygen atoms in total. The van der Waals surface area contributed by atoms with Crippen LogP contribution in [0.5, 0.6) is 0 Å². The smallest absolute Gasteiger partial charge is 0.0120 e. The lowest BCUT2D eigenvalue weighted by molar-refractivity contribution is 0.405. The minimum atomic E-state index is 0.687. The van der Waals surface area contributed by atoms with Crippen LogP contribution in [0, 0.1) is 11.3 Å². The molecule has 0 spiro atoms. The first kappa shape index (κ1) is 8.76. The lowest BCUT2D eigenvalue weighted by Gasteiger charge is -2.25. The van der Waals surface area contributed by atoms with Crippen molar-refractivity contribution < 1.29 is 0 Å². The summed E-state index contributed by atoms with van der Waals surface area (Å²) in [5.74, 6) is 0.687. The summed E-state index contributed by atoms with van der Waals surface area (Å²) < 4.78 is 0. The van der Waals surface area contributed by atoms with Gasteiger partial charge in [-0.25, -0.2) is 0 Å². The molecule has 64 valence electrons. The molecule has 0 saturated heterocycles. The van der Waals surface area contributed by atoms with Crippen molar-refractivity contribution in [1.29, 1.82) is 5.41 Å². The van der Waals surface area contributed by atoms with E-state index < -0.39 is 0 Å². The molecule has 1 saturated carbocycles. The van der Waals surface area contributed by atoms with Crippen LogP contribution in [0.3, 0.4) is 0 Å². The van der Waals surface area contributed by atoms with Gasteiger partial charge < -0.3 is 5.41 Å². The van der Waals surface area contributed by atoms with Gasteiger partial charge in [-0.05, 0) is 31.6 Å². The fourth-order valence-corrected chi connectivity index (χ4v) is 1.53. The van der Waals surface area contributed by atoms with Crippen LogP contribution < -0.4 is 0 Å². The standard InChI is InChI=1S/C10H19N/c1-2-3-4-8-10(11)9-6-5-7-9/h9,11H,2-8H2,1H3. The van der Waals surface area contributed by atoms with Crippen molar-refractivity contribution in [3.63, 3.8) is 0 Å². The molecule has 0 aliphatic heterocycles. The fraction of sp³-hybridized carbons (Fsp3) is 0.900. The van der Waals surface area contributed by atoms with Crippen molar-refractivity contribution in [1.82, 2.24) is 0 Å². The van der Waals surface area contributed by atoms with Gasteiger partial charge in [0.1, 0.15) is 0 Å². The van der Waals surface area contributed by atoms with E-state index in [2.05, 4.69) is 6.92 Å². The van der Waals surface area contributed by atoms with Crippen LogP contribution in [0.1, 0.15) is 51.9 Å². The molecule has 1 heteroatoms. The lowest BCUT2D eigenvalue weighted by atomic mass is 9.80. The predicted octanol–water partition coefficient (Wildman–Crippen LogP) is 3.39. The van der Waals surface area contributed by atoms with Gasteiger partial charge >= 0.3 is 0 Å². The number of hydrogen-bond donors (Lipinski definition) is 1.